The van der Waals surface area contributed by atoms with Gasteiger partial charge in [0.25, 0.3) is 0 Å². The van der Waals surface area contributed by atoms with Crippen molar-refractivity contribution in [2.75, 3.05) is 46.1 Å². The Morgan fingerprint density at radius 2 is 1.46 bits per heavy atom. The number of rotatable bonds is 10. The molecule has 0 N–H and O–H groups in total. The molecule has 24 heavy (non-hydrogen) atoms. The van der Waals surface area contributed by atoms with Crippen LogP contribution in [-0.4, -0.2) is 51.0 Å². The molecule has 0 saturated carbocycles. The summed E-state index contributed by atoms with van der Waals surface area (Å²) in [7, 11) is 0. The van der Waals surface area contributed by atoms with E-state index in [4.69, 9.17) is 14.2 Å². The van der Waals surface area contributed by atoms with Crippen LogP contribution in [0.1, 0.15) is 33.6 Å². The van der Waals surface area contributed by atoms with Gasteiger partial charge in [-0.05, 0) is 48.9 Å². The number of likely N-dealkylation sites (tertiary alicyclic amines) is 1. The molecule has 1 saturated heterocycles. The first-order valence-electron chi connectivity index (χ1n) is 9.33. The number of benzene rings is 1. The van der Waals surface area contributed by atoms with E-state index >= 15 is 0 Å². The van der Waals surface area contributed by atoms with Crippen LogP contribution in [-0.2, 0) is 4.74 Å². The number of hydrogen-bond acceptors (Lipinski definition) is 4. The van der Waals surface area contributed by atoms with Gasteiger partial charge in [0.2, 0.25) is 0 Å². The molecule has 0 spiro atoms. The zero-order valence-electron chi connectivity index (χ0n) is 15.5. The summed E-state index contributed by atoms with van der Waals surface area (Å²) >= 11 is 0. The standard InChI is InChI=1S/C20H33NO3/c1-4-10-23-19-5-7-20(8-6-19)24-13-12-22-11-9-21-15-17(2)14-18(3)16-21/h5-8,17-18H,4,9-16H2,1-3H3/t17-,18-/m1/s1. The molecule has 1 aliphatic heterocycles. The lowest BCUT2D eigenvalue weighted by Crippen LogP contribution is -2.40. The summed E-state index contributed by atoms with van der Waals surface area (Å²) in [5, 5.41) is 0. The van der Waals surface area contributed by atoms with Gasteiger partial charge in [-0.1, -0.05) is 20.8 Å². The van der Waals surface area contributed by atoms with Crippen molar-refractivity contribution in [1.82, 2.24) is 4.90 Å². The first-order chi connectivity index (χ1) is 11.7. The van der Waals surface area contributed by atoms with Crippen LogP contribution in [0.15, 0.2) is 24.3 Å². The molecule has 1 aromatic rings. The first-order valence-corrected chi connectivity index (χ1v) is 9.33. The molecular weight excluding hydrogens is 302 g/mol. The molecule has 1 heterocycles. The Morgan fingerprint density at radius 3 is 2.04 bits per heavy atom. The minimum atomic E-state index is 0.585. The second kappa shape index (κ2) is 10.6. The Labute approximate surface area is 147 Å². The van der Waals surface area contributed by atoms with E-state index in [1.54, 1.807) is 0 Å². The Hall–Kier alpha value is -1.26. The zero-order valence-corrected chi connectivity index (χ0v) is 15.5. The van der Waals surface area contributed by atoms with Crippen LogP contribution in [0, 0.1) is 11.8 Å². The Bertz CT molecular complexity index is 439. The molecule has 2 atom stereocenters. The molecule has 2 rings (SSSR count). The van der Waals surface area contributed by atoms with E-state index in [0.29, 0.717) is 13.2 Å². The van der Waals surface area contributed by atoms with Crippen LogP contribution in [0.5, 0.6) is 11.5 Å². The van der Waals surface area contributed by atoms with Crippen molar-refractivity contribution in [1.29, 1.82) is 0 Å². The maximum absolute atomic E-state index is 5.71. The summed E-state index contributed by atoms with van der Waals surface area (Å²) in [6.07, 6.45) is 2.37. The molecule has 1 aromatic carbocycles. The molecule has 0 bridgehead atoms. The largest absolute Gasteiger partial charge is 0.494 e. The quantitative estimate of drug-likeness (QED) is 0.608. The van der Waals surface area contributed by atoms with E-state index in [1.807, 2.05) is 24.3 Å². The Kier molecular flexibility index (Phi) is 8.40. The van der Waals surface area contributed by atoms with Gasteiger partial charge in [-0.15, -0.1) is 0 Å². The van der Waals surface area contributed by atoms with Gasteiger partial charge in [-0.2, -0.15) is 0 Å². The van der Waals surface area contributed by atoms with Crippen LogP contribution in [0.2, 0.25) is 0 Å². The van der Waals surface area contributed by atoms with Gasteiger partial charge in [-0.3, -0.25) is 0 Å². The fourth-order valence-electron chi connectivity index (χ4n) is 3.34. The molecule has 0 unspecified atom stereocenters. The van der Waals surface area contributed by atoms with Crippen LogP contribution < -0.4 is 9.47 Å². The Morgan fingerprint density at radius 1 is 0.875 bits per heavy atom. The fourth-order valence-corrected chi connectivity index (χ4v) is 3.34. The number of nitrogens with zero attached hydrogens (tertiary/aromatic N) is 1. The lowest BCUT2D eigenvalue weighted by Gasteiger charge is -2.34. The average Bonchev–Trinajstić information content (AvgIpc) is 2.56. The van der Waals surface area contributed by atoms with Gasteiger partial charge in [0.15, 0.2) is 0 Å². The SMILES string of the molecule is CCCOc1ccc(OCCOCCN2C[C@H](C)C[C@@H](C)C2)cc1. The summed E-state index contributed by atoms with van der Waals surface area (Å²) in [6.45, 7) is 13.0. The van der Waals surface area contributed by atoms with Gasteiger partial charge in [-0.25, -0.2) is 0 Å². The molecule has 0 aromatic heterocycles. The molecular formula is C20H33NO3. The normalized spacial score (nSPS) is 21.6. The van der Waals surface area contributed by atoms with Crippen molar-refractivity contribution < 1.29 is 14.2 Å². The molecule has 0 aliphatic carbocycles. The van der Waals surface area contributed by atoms with Crippen molar-refractivity contribution in [3.05, 3.63) is 24.3 Å². The minimum absolute atomic E-state index is 0.585. The topological polar surface area (TPSA) is 30.9 Å². The van der Waals surface area contributed by atoms with E-state index in [-0.39, 0.29) is 0 Å². The van der Waals surface area contributed by atoms with Gasteiger partial charge >= 0.3 is 0 Å². The Balaban J connectivity index is 1.53. The second-order valence-electron chi connectivity index (χ2n) is 6.99. The minimum Gasteiger partial charge on any atom is -0.494 e. The molecule has 4 nitrogen and oxygen atoms in total. The van der Waals surface area contributed by atoms with Crippen LogP contribution >= 0.6 is 0 Å². The monoisotopic (exact) mass is 335 g/mol. The third-order valence-corrected chi connectivity index (χ3v) is 4.29. The second-order valence-corrected chi connectivity index (χ2v) is 6.99. The number of hydrogen-bond donors (Lipinski definition) is 0. The first kappa shape index (κ1) is 19.1. The smallest absolute Gasteiger partial charge is 0.119 e. The molecule has 0 radical (unpaired) electrons. The van der Waals surface area contributed by atoms with Crippen LogP contribution in [0.3, 0.4) is 0 Å². The predicted octanol–water partition coefficient (Wildman–Crippen LogP) is 3.85. The van der Waals surface area contributed by atoms with Crippen LogP contribution in [0.4, 0.5) is 0 Å². The van der Waals surface area contributed by atoms with Crippen molar-refractivity contribution in [3.8, 4) is 11.5 Å². The van der Waals surface area contributed by atoms with Gasteiger partial charge in [0, 0.05) is 19.6 Å². The van der Waals surface area contributed by atoms with Crippen molar-refractivity contribution >= 4 is 0 Å². The molecule has 136 valence electrons. The van der Waals surface area contributed by atoms with E-state index in [0.717, 1.165) is 49.5 Å². The van der Waals surface area contributed by atoms with Crippen molar-refractivity contribution in [2.24, 2.45) is 11.8 Å². The third-order valence-electron chi connectivity index (χ3n) is 4.29. The number of ether oxygens (including phenoxy) is 3. The van der Waals surface area contributed by atoms with E-state index in [1.165, 1.54) is 19.5 Å². The van der Waals surface area contributed by atoms with Crippen molar-refractivity contribution in [3.63, 3.8) is 0 Å². The maximum Gasteiger partial charge on any atom is 0.119 e. The van der Waals surface area contributed by atoms with Crippen molar-refractivity contribution in [2.45, 2.75) is 33.6 Å². The molecule has 1 fully saturated rings. The summed E-state index contributed by atoms with van der Waals surface area (Å²) in [5.74, 6) is 3.37. The number of piperidine rings is 1. The van der Waals surface area contributed by atoms with E-state index < -0.39 is 0 Å². The maximum atomic E-state index is 5.71. The van der Waals surface area contributed by atoms with E-state index in [9.17, 15) is 0 Å². The lowest BCUT2D eigenvalue weighted by atomic mass is 9.92. The highest BCUT2D eigenvalue weighted by Crippen LogP contribution is 2.20. The average molecular weight is 335 g/mol. The molecule has 4 heteroatoms. The highest BCUT2D eigenvalue weighted by Gasteiger charge is 2.21. The summed E-state index contributed by atoms with van der Waals surface area (Å²) in [6, 6.07) is 7.79. The summed E-state index contributed by atoms with van der Waals surface area (Å²) in [5.41, 5.74) is 0. The third kappa shape index (κ3) is 7.10. The predicted molar refractivity (Wildman–Crippen MR) is 97.9 cm³/mol. The summed E-state index contributed by atoms with van der Waals surface area (Å²) in [4.78, 5) is 2.52. The highest BCUT2D eigenvalue weighted by molar-refractivity contribution is 5.31. The highest BCUT2D eigenvalue weighted by atomic mass is 16.5. The van der Waals surface area contributed by atoms with E-state index in [2.05, 4.69) is 25.7 Å². The lowest BCUT2D eigenvalue weighted by molar-refractivity contribution is 0.0595. The van der Waals surface area contributed by atoms with Gasteiger partial charge < -0.3 is 19.1 Å². The van der Waals surface area contributed by atoms with Gasteiger partial charge in [0.05, 0.1) is 19.8 Å². The zero-order chi connectivity index (χ0) is 17.2. The molecule has 0 amide bonds. The molecule has 1 aliphatic rings. The van der Waals surface area contributed by atoms with Gasteiger partial charge in [0.1, 0.15) is 18.1 Å². The van der Waals surface area contributed by atoms with Crippen LogP contribution in [0.25, 0.3) is 0 Å². The fraction of sp³-hybridized carbons (Fsp3) is 0.700. The summed E-state index contributed by atoms with van der Waals surface area (Å²) < 4.78 is 17.0.